The number of hydrogen-bond donors (Lipinski definition) is 1. The van der Waals surface area contributed by atoms with E-state index < -0.39 is 30.3 Å². The van der Waals surface area contributed by atoms with Crippen molar-refractivity contribution in [1.82, 2.24) is 0 Å². The van der Waals surface area contributed by atoms with Crippen molar-refractivity contribution in [3.05, 3.63) is 35.4 Å². The Morgan fingerprint density at radius 1 is 0.903 bits per heavy atom. The first-order valence-electron chi connectivity index (χ1n) is 10.6. The molecule has 0 bridgehead atoms. The van der Waals surface area contributed by atoms with Crippen molar-refractivity contribution >= 4 is 11.9 Å². The second-order valence-corrected chi connectivity index (χ2v) is 8.48. The number of ether oxygens (including phenoxy) is 5. The minimum absolute atomic E-state index is 0.103. The predicted octanol–water partition coefficient (Wildman–Crippen LogP) is 2.79. The lowest BCUT2D eigenvalue weighted by molar-refractivity contribution is -0.258. The van der Waals surface area contributed by atoms with Crippen molar-refractivity contribution in [2.45, 2.75) is 45.0 Å². The van der Waals surface area contributed by atoms with E-state index in [-0.39, 0.29) is 22.0 Å². The maximum atomic E-state index is 13.1. The molecule has 0 aliphatic carbocycles. The van der Waals surface area contributed by atoms with Crippen molar-refractivity contribution in [3.8, 4) is 0 Å². The molecule has 2 aliphatic heterocycles. The number of esters is 1. The van der Waals surface area contributed by atoms with Crippen LogP contribution in [0, 0.1) is 10.8 Å². The van der Waals surface area contributed by atoms with Crippen molar-refractivity contribution in [1.29, 1.82) is 0 Å². The van der Waals surface area contributed by atoms with Crippen LogP contribution in [0.5, 0.6) is 0 Å². The van der Waals surface area contributed by atoms with E-state index in [0.717, 1.165) is 12.8 Å². The van der Waals surface area contributed by atoms with Gasteiger partial charge in [0.25, 0.3) is 0 Å². The lowest BCUT2D eigenvalue weighted by atomic mass is 9.68. The fourth-order valence-corrected chi connectivity index (χ4v) is 4.56. The molecule has 8 heteroatoms. The molecule has 2 fully saturated rings. The van der Waals surface area contributed by atoms with Gasteiger partial charge in [0.05, 0.1) is 37.6 Å². The molecule has 1 aromatic rings. The lowest BCUT2D eigenvalue weighted by Gasteiger charge is -2.53. The molecule has 2 heterocycles. The predicted molar refractivity (Wildman–Crippen MR) is 111 cm³/mol. The van der Waals surface area contributed by atoms with Crippen LogP contribution < -0.4 is 0 Å². The number of rotatable bonds is 11. The lowest BCUT2D eigenvalue weighted by Crippen LogP contribution is -2.65. The van der Waals surface area contributed by atoms with Crippen LogP contribution in [0.1, 0.15) is 47.4 Å². The van der Waals surface area contributed by atoms with Crippen LogP contribution in [-0.4, -0.2) is 76.0 Å². The Bertz CT molecular complexity index is 725. The topological polar surface area (TPSA) is 101 Å². The van der Waals surface area contributed by atoms with Crippen LogP contribution in [-0.2, 0) is 23.7 Å². The molecule has 2 aliphatic rings. The molecule has 8 nitrogen and oxygen atoms in total. The molecule has 0 spiro atoms. The molecule has 31 heavy (non-hydrogen) atoms. The summed E-state index contributed by atoms with van der Waals surface area (Å²) in [4.78, 5) is 24.2. The third-order valence-corrected chi connectivity index (χ3v) is 6.89. The van der Waals surface area contributed by atoms with Gasteiger partial charge in [-0.3, -0.25) is 0 Å². The van der Waals surface area contributed by atoms with Gasteiger partial charge in [-0.2, -0.15) is 0 Å². The Balaban J connectivity index is 1.92. The summed E-state index contributed by atoms with van der Waals surface area (Å²) < 4.78 is 29.0. The number of aromatic carboxylic acids is 1. The van der Waals surface area contributed by atoms with Crippen LogP contribution in [0.4, 0.5) is 0 Å². The Labute approximate surface area is 182 Å². The summed E-state index contributed by atoms with van der Waals surface area (Å²) in [6.45, 7) is 6.24. The maximum Gasteiger partial charge on any atom is 0.338 e. The van der Waals surface area contributed by atoms with Gasteiger partial charge in [-0.1, -0.05) is 13.8 Å². The average Bonchev–Trinajstić information content (AvgIpc) is 2.72. The summed E-state index contributed by atoms with van der Waals surface area (Å²) >= 11 is 0. The minimum Gasteiger partial charge on any atom is -0.478 e. The molecular formula is C23H32O8. The van der Waals surface area contributed by atoms with Gasteiger partial charge < -0.3 is 28.8 Å². The first-order valence-corrected chi connectivity index (χ1v) is 10.6. The van der Waals surface area contributed by atoms with Gasteiger partial charge in [0.15, 0.2) is 6.10 Å². The molecular weight excluding hydrogens is 404 g/mol. The third-order valence-electron chi connectivity index (χ3n) is 6.89. The van der Waals surface area contributed by atoms with Crippen LogP contribution in [0.15, 0.2) is 24.3 Å². The van der Waals surface area contributed by atoms with Crippen molar-refractivity contribution in [2.24, 2.45) is 10.8 Å². The number of methoxy groups -OCH3 is 2. The van der Waals surface area contributed by atoms with Crippen LogP contribution in [0.2, 0.25) is 0 Å². The SMILES string of the molecule is CCC1(C(OC)C(OC(=O)c2ccc(C(=O)O)cc2)C(OC)C2(CC)COC2)COC1. The summed E-state index contributed by atoms with van der Waals surface area (Å²) in [5.74, 6) is -1.61. The van der Waals surface area contributed by atoms with E-state index in [4.69, 9.17) is 28.8 Å². The van der Waals surface area contributed by atoms with E-state index in [9.17, 15) is 9.59 Å². The van der Waals surface area contributed by atoms with Crippen LogP contribution in [0.3, 0.4) is 0 Å². The zero-order valence-electron chi connectivity index (χ0n) is 18.6. The Morgan fingerprint density at radius 3 is 1.61 bits per heavy atom. The molecule has 1 N–H and O–H groups in total. The normalized spacial score (nSPS) is 21.8. The Hall–Kier alpha value is -2.00. The highest BCUT2D eigenvalue weighted by molar-refractivity contribution is 5.92. The molecule has 3 rings (SSSR count). The van der Waals surface area contributed by atoms with Gasteiger partial charge in [-0.15, -0.1) is 0 Å². The Morgan fingerprint density at radius 2 is 1.32 bits per heavy atom. The van der Waals surface area contributed by atoms with Gasteiger partial charge in [0, 0.05) is 25.0 Å². The quantitative estimate of drug-likeness (QED) is 0.529. The number of carbonyl (C=O) groups excluding carboxylic acids is 1. The van der Waals surface area contributed by atoms with Gasteiger partial charge in [-0.25, -0.2) is 9.59 Å². The summed E-state index contributed by atoms with van der Waals surface area (Å²) in [5.41, 5.74) is -0.178. The van der Waals surface area contributed by atoms with Crippen molar-refractivity contribution in [2.75, 3.05) is 40.6 Å². The number of carboxylic acids is 1. The molecule has 0 amide bonds. The molecule has 0 aromatic heterocycles. The van der Waals surface area contributed by atoms with E-state index in [1.165, 1.54) is 24.3 Å². The largest absolute Gasteiger partial charge is 0.478 e. The monoisotopic (exact) mass is 436 g/mol. The zero-order chi connectivity index (χ0) is 22.6. The van der Waals surface area contributed by atoms with E-state index >= 15 is 0 Å². The zero-order valence-corrected chi connectivity index (χ0v) is 18.6. The number of carboxylic acid groups (broad SMARTS) is 1. The molecule has 172 valence electrons. The molecule has 0 saturated carbocycles. The first-order chi connectivity index (χ1) is 14.9. The molecule has 2 atom stereocenters. The first kappa shape index (κ1) is 23.7. The molecule has 2 unspecified atom stereocenters. The smallest absolute Gasteiger partial charge is 0.338 e. The molecule has 0 radical (unpaired) electrons. The third kappa shape index (κ3) is 4.35. The van der Waals surface area contributed by atoms with Crippen molar-refractivity contribution < 1.29 is 38.4 Å². The minimum atomic E-state index is -1.05. The van der Waals surface area contributed by atoms with E-state index in [2.05, 4.69) is 13.8 Å². The second-order valence-electron chi connectivity index (χ2n) is 8.48. The summed E-state index contributed by atoms with van der Waals surface area (Å²) in [6, 6.07) is 5.68. The summed E-state index contributed by atoms with van der Waals surface area (Å²) in [6.07, 6.45) is 0.0667. The maximum absolute atomic E-state index is 13.1. The summed E-state index contributed by atoms with van der Waals surface area (Å²) in [5, 5.41) is 9.10. The van der Waals surface area contributed by atoms with Crippen LogP contribution in [0.25, 0.3) is 0 Å². The van der Waals surface area contributed by atoms with Crippen molar-refractivity contribution in [3.63, 3.8) is 0 Å². The van der Waals surface area contributed by atoms with Gasteiger partial charge in [-0.05, 0) is 37.1 Å². The number of carbonyl (C=O) groups is 2. The van der Waals surface area contributed by atoms with Gasteiger partial charge in [0.2, 0.25) is 0 Å². The fraction of sp³-hybridized carbons (Fsp3) is 0.652. The fourth-order valence-electron chi connectivity index (χ4n) is 4.56. The van der Waals surface area contributed by atoms with E-state index in [0.29, 0.717) is 26.4 Å². The Kier molecular flexibility index (Phi) is 7.36. The highest BCUT2D eigenvalue weighted by Crippen LogP contribution is 2.45. The molecule has 2 saturated heterocycles. The van der Waals surface area contributed by atoms with E-state index in [1.54, 1.807) is 14.2 Å². The second kappa shape index (κ2) is 9.65. The standard InChI is InChI=1S/C23H32O8/c1-5-22(11-29-12-22)18(27-3)17(19(28-4)23(6-2)13-30-14-23)31-21(26)16-9-7-15(8-10-16)20(24)25/h7-10,17-19H,5-6,11-14H2,1-4H3,(H,24,25). The molecule has 1 aromatic carbocycles. The highest BCUT2D eigenvalue weighted by Gasteiger charge is 2.57. The highest BCUT2D eigenvalue weighted by atomic mass is 16.6. The van der Waals surface area contributed by atoms with Crippen LogP contribution >= 0.6 is 0 Å². The average molecular weight is 437 g/mol. The number of benzene rings is 1. The van der Waals surface area contributed by atoms with E-state index in [1.807, 2.05) is 0 Å². The number of hydrogen-bond acceptors (Lipinski definition) is 7. The van der Waals surface area contributed by atoms with Gasteiger partial charge in [0.1, 0.15) is 12.2 Å². The summed E-state index contributed by atoms with van der Waals surface area (Å²) in [7, 11) is 3.23. The van der Waals surface area contributed by atoms with Gasteiger partial charge >= 0.3 is 11.9 Å².